The number of carbonyl (C=O) groups excluding carboxylic acids is 2. The van der Waals surface area contributed by atoms with Crippen LogP contribution in [0.25, 0.3) is 0 Å². The van der Waals surface area contributed by atoms with Crippen LogP contribution in [0.1, 0.15) is 24.0 Å². The van der Waals surface area contributed by atoms with Crippen LogP contribution in [0.15, 0.2) is 42.5 Å². The number of amides is 2. The van der Waals surface area contributed by atoms with Crippen molar-refractivity contribution in [2.75, 3.05) is 23.7 Å². The maximum atomic E-state index is 12.4. The van der Waals surface area contributed by atoms with Crippen LogP contribution in [-0.2, 0) is 32.7 Å². The minimum Gasteiger partial charge on any atom is -0.350 e. The molecule has 7 nitrogen and oxygen atoms in total. The average Bonchev–Trinajstić information content (AvgIpc) is 3.11. The molecule has 1 aliphatic heterocycles. The summed E-state index contributed by atoms with van der Waals surface area (Å²) in [7, 11) is -3.76. The fourth-order valence-corrected chi connectivity index (χ4v) is 4.60. The van der Waals surface area contributed by atoms with Crippen molar-refractivity contribution in [2.24, 2.45) is 0 Å². The third kappa shape index (κ3) is 6.35. The summed E-state index contributed by atoms with van der Waals surface area (Å²) in [4.78, 5) is 26.0. The van der Waals surface area contributed by atoms with E-state index in [1.807, 2.05) is 29.2 Å². The fourth-order valence-electron chi connectivity index (χ4n) is 3.30. The Kier molecular flexibility index (Phi) is 7.46. The molecule has 10 heteroatoms. The summed E-state index contributed by atoms with van der Waals surface area (Å²) in [6.07, 6.45) is 2.50. The molecule has 0 bridgehead atoms. The van der Waals surface area contributed by atoms with Crippen LogP contribution >= 0.6 is 23.2 Å². The molecule has 2 amide bonds. The van der Waals surface area contributed by atoms with E-state index in [4.69, 9.17) is 23.2 Å². The van der Waals surface area contributed by atoms with Crippen LogP contribution in [0, 0.1) is 0 Å². The topological polar surface area (TPSA) is 86.8 Å². The second-order valence-corrected chi connectivity index (χ2v) is 10.1. The van der Waals surface area contributed by atoms with E-state index in [2.05, 4.69) is 5.32 Å². The average molecular weight is 484 g/mol. The molecule has 1 aliphatic rings. The highest BCUT2D eigenvalue weighted by Crippen LogP contribution is 2.30. The van der Waals surface area contributed by atoms with Crippen molar-refractivity contribution in [1.29, 1.82) is 0 Å². The summed E-state index contributed by atoms with van der Waals surface area (Å²) in [5.41, 5.74) is 2.02. The number of likely N-dealkylation sites (tertiary alicyclic amines) is 1. The maximum absolute atomic E-state index is 12.4. The van der Waals surface area contributed by atoms with Gasteiger partial charge in [0.25, 0.3) is 0 Å². The molecule has 2 aromatic carbocycles. The molecular formula is C21H23Cl2N3O4S. The minimum absolute atomic E-state index is 0.146. The first-order valence-corrected chi connectivity index (χ1v) is 12.3. The van der Waals surface area contributed by atoms with Gasteiger partial charge in [0, 0.05) is 31.1 Å². The van der Waals surface area contributed by atoms with E-state index < -0.39 is 22.5 Å². The van der Waals surface area contributed by atoms with Gasteiger partial charge >= 0.3 is 0 Å². The van der Waals surface area contributed by atoms with Gasteiger partial charge in [0.1, 0.15) is 6.54 Å². The Balaban J connectivity index is 1.60. The van der Waals surface area contributed by atoms with Crippen molar-refractivity contribution < 1.29 is 18.0 Å². The molecule has 1 heterocycles. The van der Waals surface area contributed by atoms with E-state index in [-0.39, 0.29) is 23.2 Å². The Labute approximate surface area is 192 Å². The minimum atomic E-state index is -3.76. The van der Waals surface area contributed by atoms with Crippen molar-refractivity contribution in [2.45, 2.75) is 25.9 Å². The number of hydrogen-bond acceptors (Lipinski definition) is 4. The van der Waals surface area contributed by atoms with Gasteiger partial charge in [-0.25, -0.2) is 8.42 Å². The predicted octanol–water partition coefficient (Wildman–Crippen LogP) is 3.20. The number of nitrogens with one attached hydrogen (secondary N) is 1. The lowest BCUT2D eigenvalue weighted by atomic mass is 10.1. The van der Waals surface area contributed by atoms with Crippen molar-refractivity contribution >= 4 is 50.7 Å². The second kappa shape index (κ2) is 9.89. The zero-order valence-corrected chi connectivity index (χ0v) is 19.3. The van der Waals surface area contributed by atoms with E-state index in [1.54, 1.807) is 0 Å². The SMILES string of the molecule is CS(=O)(=O)N(CC(=O)NCc1ccc(CN2CCCC2=O)cc1)c1cc(Cl)ccc1Cl. The molecule has 1 saturated heterocycles. The van der Waals surface area contributed by atoms with Gasteiger partial charge in [-0.1, -0.05) is 47.5 Å². The molecule has 2 aromatic rings. The highest BCUT2D eigenvalue weighted by molar-refractivity contribution is 7.92. The predicted molar refractivity (Wildman–Crippen MR) is 122 cm³/mol. The highest BCUT2D eigenvalue weighted by Gasteiger charge is 2.23. The quantitative estimate of drug-likeness (QED) is 0.624. The van der Waals surface area contributed by atoms with Crippen molar-refractivity contribution in [3.8, 4) is 0 Å². The van der Waals surface area contributed by atoms with Gasteiger partial charge in [0.05, 0.1) is 17.0 Å². The number of nitrogens with zero attached hydrogens (tertiary/aromatic N) is 2. The molecule has 166 valence electrons. The van der Waals surface area contributed by atoms with E-state index in [0.717, 1.165) is 34.7 Å². The third-order valence-electron chi connectivity index (χ3n) is 4.92. The van der Waals surface area contributed by atoms with Crippen LogP contribution in [0.4, 0.5) is 5.69 Å². The third-order valence-corrected chi connectivity index (χ3v) is 6.60. The first-order chi connectivity index (χ1) is 14.6. The summed E-state index contributed by atoms with van der Waals surface area (Å²) in [5, 5.41) is 3.20. The lowest BCUT2D eigenvalue weighted by Crippen LogP contribution is -2.40. The molecule has 1 N–H and O–H groups in total. The highest BCUT2D eigenvalue weighted by atomic mass is 35.5. The monoisotopic (exact) mass is 483 g/mol. The first kappa shape index (κ1) is 23.4. The molecule has 0 aromatic heterocycles. The van der Waals surface area contributed by atoms with Crippen molar-refractivity contribution in [3.05, 3.63) is 63.6 Å². The van der Waals surface area contributed by atoms with Gasteiger partial charge in [-0.15, -0.1) is 0 Å². The number of anilines is 1. The number of sulfonamides is 1. The normalized spacial score (nSPS) is 14.0. The molecule has 1 fully saturated rings. The van der Waals surface area contributed by atoms with Crippen LogP contribution in [0.3, 0.4) is 0 Å². The van der Waals surface area contributed by atoms with Gasteiger partial charge in [0.2, 0.25) is 21.8 Å². The standard InChI is InChI=1S/C21H23Cl2N3O4S/c1-31(29,30)26(19-11-17(22)8-9-18(19)23)14-20(27)24-12-15-4-6-16(7-5-15)13-25-10-2-3-21(25)28/h4-9,11H,2-3,10,12-14H2,1H3,(H,24,27). The van der Waals surface area contributed by atoms with Gasteiger partial charge in [-0.3, -0.25) is 13.9 Å². The van der Waals surface area contributed by atoms with E-state index in [9.17, 15) is 18.0 Å². The van der Waals surface area contributed by atoms with Gasteiger partial charge < -0.3 is 10.2 Å². The molecule has 0 radical (unpaired) electrons. The first-order valence-electron chi connectivity index (χ1n) is 9.68. The fraction of sp³-hybridized carbons (Fsp3) is 0.333. The summed E-state index contributed by atoms with van der Waals surface area (Å²) in [5.74, 6) is -0.306. The van der Waals surface area contributed by atoms with E-state index in [0.29, 0.717) is 18.0 Å². The Morgan fingerprint density at radius 2 is 1.81 bits per heavy atom. The molecule has 0 saturated carbocycles. The summed E-state index contributed by atoms with van der Waals surface area (Å²) in [6.45, 7) is 1.18. The number of halogens is 2. The van der Waals surface area contributed by atoms with Crippen LogP contribution in [-0.4, -0.2) is 44.5 Å². The molecule has 31 heavy (non-hydrogen) atoms. The zero-order chi connectivity index (χ0) is 22.6. The van der Waals surface area contributed by atoms with Crippen molar-refractivity contribution in [1.82, 2.24) is 10.2 Å². The Morgan fingerprint density at radius 3 is 2.42 bits per heavy atom. The molecule has 0 atom stereocenters. The van der Waals surface area contributed by atoms with E-state index >= 15 is 0 Å². The molecule has 0 aliphatic carbocycles. The number of benzene rings is 2. The largest absolute Gasteiger partial charge is 0.350 e. The number of hydrogen-bond donors (Lipinski definition) is 1. The van der Waals surface area contributed by atoms with Crippen molar-refractivity contribution in [3.63, 3.8) is 0 Å². The number of rotatable bonds is 8. The molecule has 3 rings (SSSR count). The van der Waals surface area contributed by atoms with E-state index in [1.165, 1.54) is 18.2 Å². The van der Waals surface area contributed by atoms with Crippen LogP contribution < -0.4 is 9.62 Å². The van der Waals surface area contributed by atoms with Crippen LogP contribution in [0.5, 0.6) is 0 Å². The van der Waals surface area contributed by atoms with Gasteiger partial charge in [0.15, 0.2) is 0 Å². The summed E-state index contributed by atoms with van der Waals surface area (Å²) >= 11 is 12.1. The summed E-state index contributed by atoms with van der Waals surface area (Å²) in [6, 6.07) is 12.0. The lowest BCUT2D eigenvalue weighted by Gasteiger charge is -2.23. The molecular weight excluding hydrogens is 461 g/mol. The smallest absolute Gasteiger partial charge is 0.241 e. The van der Waals surface area contributed by atoms with Crippen LogP contribution in [0.2, 0.25) is 10.0 Å². The lowest BCUT2D eigenvalue weighted by molar-refractivity contribution is -0.128. The maximum Gasteiger partial charge on any atom is 0.241 e. The Hall–Kier alpha value is -2.29. The zero-order valence-electron chi connectivity index (χ0n) is 17.0. The van der Waals surface area contributed by atoms with Gasteiger partial charge in [-0.2, -0.15) is 0 Å². The summed E-state index contributed by atoms with van der Waals surface area (Å²) < 4.78 is 25.4. The molecule has 0 spiro atoms. The number of carbonyl (C=O) groups is 2. The Bertz CT molecular complexity index is 1070. The second-order valence-electron chi connectivity index (χ2n) is 7.38. The van der Waals surface area contributed by atoms with Gasteiger partial charge in [-0.05, 0) is 35.7 Å². The Morgan fingerprint density at radius 1 is 1.13 bits per heavy atom. The molecule has 0 unspecified atom stereocenters.